The van der Waals surface area contributed by atoms with Crippen molar-refractivity contribution in [3.8, 4) is 0 Å². The first-order valence-electron chi connectivity index (χ1n) is 9.68. The van der Waals surface area contributed by atoms with E-state index in [0.717, 1.165) is 21.9 Å². The molecule has 0 N–H and O–H groups in total. The largest absolute Gasteiger partial charge is 0.741 e. The number of alkyl halides is 6. The van der Waals surface area contributed by atoms with Gasteiger partial charge in [0.25, 0.3) is 0 Å². The fourth-order valence-electron chi connectivity index (χ4n) is 3.13. The van der Waals surface area contributed by atoms with E-state index in [2.05, 4.69) is 0 Å². The molecular formula is C22H24F6O3S2. The molecule has 0 unspecified atom stereocenters. The van der Waals surface area contributed by atoms with Crippen LogP contribution in [-0.2, 0) is 26.5 Å². The maximum atomic E-state index is 14.0. The number of fused-ring (bicyclic) bond motifs is 3. The first-order chi connectivity index (χ1) is 14.5. The van der Waals surface area contributed by atoms with Gasteiger partial charge in [-0.15, -0.1) is 13.2 Å². The predicted molar refractivity (Wildman–Crippen MR) is 118 cm³/mol. The molecule has 33 heavy (non-hydrogen) atoms. The topological polar surface area (TPSA) is 57.2 Å². The van der Waals surface area contributed by atoms with Gasteiger partial charge in [-0.3, -0.25) is 0 Å². The minimum absolute atomic E-state index is 0.180. The van der Waals surface area contributed by atoms with Crippen LogP contribution in [0.3, 0.4) is 0 Å². The van der Waals surface area contributed by atoms with Crippen molar-refractivity contribution in [2.75, 3.05) is 0 Å². The highest BCUT2D eigenvalue weighted by Gasteiger charge is 2.48. The molecule has 0 saturated heterocycles. The van der Waals surface area contributed by atoms with Crippen LogP contribution in [0.1, 0.15) is 52.7 Å². The zero-order valence-corrected chi connectivity index (χ0v) is 20.4. The number of benzene rings is 2. The molecule has 184 valence electrons. The molecule has 2 aromatic carbocycles. The zero-order valence-electron chi connectivity index (χ0n) is 18.8. The molecule has 11 heteroatoms. The summed E-state index contributed by atoms with van der Waals surface area (Å²) >= 11 is 0. The van der Waals surface area contributed by atoms with Gasteiger partial charge in [0.15, 0.2) is 19.5 Å². The molecule has 1 heterocycles. The minimum atomic E-state index is -6.09. The summed E-state index contributed by atoms with van der Waals surface area (Å²) < 4.78 is 102. The first kappa shape index (κ1) is 27.4. The van der Waals surface area contributed by atoms with E-state index < -0.39 is 31.6 Å². The van der Waals surface area contributed by atoms with Crippen molar-refractivity contribution in [1.82, 2.24) is 0 Å². The maximum Gasteiger partial charge on any atom is 0.601 e. The van der Waals surface area contributed by atoms with E-state index in [4.69, 9.17) is 13.0 Å². The van der Waals surface area contributed by atoms with Gasteiger partial charge in [-0.05, 0) is 34.1 Å². The van der Waals surface area contributed by atoms with Crippen molar-refractivity contribution in [3.05, 3.63) is 47.5 Å². The Labute approximate surface area is 191 Å². The fourth-order valence-corrected chi connectivity index (χ4v) is 5.15. The third-order valence-corrected chi connectivity index (χ3v) is 7.53. The summed E-state index contributed by atoms with van der Waals surface area (Å²) in [6.45, 7) is 12.2. The van der Waals surface area contributed by atoms with Gasteiger partial charge in [-0.1, -0.05) is 53.7 Å². The van der Waals surface area contributed by atoms with Gasteiger partial charge in [0.1, 0.15) is 10.5 Å². The van der Waals surface area contributed by atoms with E-state index in [-0.39, 0.29) is 10.8 Å². The Morgan fingerprint density at radius 3 is 1.21 bits per heavy atom. The lowest BCUT2D eigenvalue weighted by molar-refractivity contribution is -0.0862. The molecule has 3 nitrogen and oxygen atoms in total. The number of thiophene rings is 1. The molecule has 3 rings (SSSR count). The SMILES string of the molecule is CC(C)(C)c1ccc2c3ccc(C(C)(C)C)cc3[s+](C(F)(F)F)c2c1.O=S(=O)([O-])C(F)(F)F. The van der Waals surface area contributed by atoms with Gasteiger partial charge in [0.05, 0.1) is 0 Å². The van der Waals surface area contributed by atoms with E-state index in [9.17, 15) is 26.3 Å². The maximum absolute atomic E-state index is 14.0. The Hall–Kier alpha value is -1.85. The smallest absolute Gasteiger partial charge is 0.601 e. The normalized spacial score (nSPS) is 13.8. The van der Waals surface area contributed by atoms with Crippen molar-refractivity contribution in [1.29, 1.82) is 0 Å². The summed E-state index contributed by atoms with van der Waals surface area (Å²) in [5.74, 6) is 0. The number of rotatable bonds is 0. The molecule has 1 aromatic heterocycles. The quantitative estimate of drug-likeness (QED) is 0.133. The molecular weight excluding hydrogens is 490 g/mol. The van der Waals surface area contributed by atoms with Gasteiger partial charge >= 0.3 is 11.0 Å². The molecule has 0 atom stereocenters. The average molecular weight is 515 g/mol. The molecule has 0 radical (unpaired) electrons. The van der Waals surface area contributed by atoms with Crippen LogP contribution in [-0.4, -0.2) is 18.5 Å². The Balaban J connectivity index is 0.000000414. The zero-order chi connectivity index (χ0) is 25.8. The van der Waals surface area contributed by atoms with Gasteiger partial charge in [0, 0.05) is 22.9 Å². The lowest BCUT2D eigenvalue weighted by atomic mass is 9.86. The molecule has 0 saturated carbocycles. The second-order valence-electron chi connectivity index (χ2n) is 9.57. The predicted octanol–water partition coefficient (Wildman–Crippen LogP) is 7.86. The lowest BCUT2D eigenvalue weighted by Crippen LogP contribution is -2.21. The van der Waals surface area contributed by atoms with Gasteiger partial charge in [-0.2, -0.15) is 13.2 Å². The highest BCUT2D eigenvalue weighted by molar-refractivity contribution is 7.86. The summed E-state index contributed by atoms with van der Waals surface area (Å²) in [6.07, 6.45) is 0. The Kier molecular flexibility index (Phi) is 6.99. The molecule has 0 bridgehead atoms. The van der Waals surface area contributed by atoms with Crippen LogP contribution in [0.5, 0.6) is 0 Å². The number of hydrogen-bond donors (Lipinski definition) is 0. The van der Waals surface area contributed by atoms with Gasteiger partial charge < -0.3 is 4.55 Å². The van der Waals surface area contributed by atoms with E-state index in [1.807, 2.05) is 65.8 Å². The monoisotopic (exact) mass is 514 g/mol. The van der Waals surface area contributed by atoms with Gasteiger partial charge in [0.2, 0.25) is 0 Å². The average Bonchev–Trinajstić information content (AvgIpc) is 2.91. The van der Waals surface area contributed by atoms with Crippen molar-refractivity contribution in [2.45, 2.75) is 63.4 Å². The lowest BCUT2D eigenvalue weighted by Gasteiger charge is -2.18. The third-order valence-electron chi connectivity index (χ3n) is 4.94. The van der Waals surface area contributed by atoms with Crippen molar-refractivity contribution < 1.29 is 39.3 Å². The Morgan fingerprint density at radius 1 is 0.697 bits per heavy atom. The Bertz CT molecular complexity index is 1200. The third kappa shape index (κ3) is 5.99. The van der Waals surface area contributed by atoms with Crippen LogP contribution in [0.25, 0.3) is 20.2 Å². The Morgan fingerprint density at radius 2 is 1.00 bits per heavy atom. The van der Waals surface area contributed by atoms with E-state index in [1.165, 1.54) is 0 Å². The highest BCUT2D eigenvalue weighted by Crippen LogP contribution is 2.55. The summed E-state index contributed by atoms with van der Waals surface area (Å²) in [5.41, 5.74) is -8.39. The molecule has 0 aliphatic carbocycles. The van der Waals surface area contributed by atoms with Crippen LogP contribution >= 0.6 is 10.5 Å². The second kappa shape index (κ2) is 8.42. The van der Waals surface area contributed by atoms with Crippen molar-refractivity contribution in [2.24, 2.45) is 0 Å². The number of hydrogen-bond acceptors (Lipinski definition) is 3. The van der Waals surface area contributed by atoms with Crippen LogP contribution in [0.15, 0.2) is 36.4 Å². The molecule has 0 amide bonds. The fraction of sp³-hybridized carbons (Fsp3) is 0.455. The van der Waals surface area contributed by atoms with E-state index >= 15 is 0 Å². The summed E-state index contributed by atoms with van der Waals surface area (Å²) in [4.78, 5) is 0. The van der Waals surface area contributed by atoms with Gasteiger partial charge in [-0.25, -0.2) is 8.42 Å². The molecule has 0 fully saturated rings. The summed E-state index contributed by atoms with van der Waals surface area (Å²) in [6, 6.07) is 11.2. The second-order valence-corrected chi connectivity index (χ2v) is 12.9. The molecule has 0 aliphatic heterocycles. The standard InChI is InChI=1S/C21H24F3S.CHF3O3S/c1-19(2,3)13-7-9-15-16-10-8-14(20(4,5)6)12-18(16)25(17(15)11-13)21(22,23)24;2-1(3,4)8(5,6)7/h7-12H,1-6H3;(H,5,6,7)/q+1;/p-1. The highest BCUT2D eigenvalue weighted by atomic mass is 32.2. The van der Waals surface area contributed by atoms with E-state index in [1.54, 1.807) is 12.1 Å². The summed E-state index contributed by atoms with van der Waals surface area (Å²) in [7, 11) is -7.97. The van der Waals surface area contributed by atoms with Crippen LogP contribution in [0.2, 0.25) is 0 Å². The van der Waals surface area contributed by atoms with Crippen LogP contribution in [0, 0.1) is 0 Å². The number of halogens is 6. The summed E-state index contributed by atoms with van der Waals surface area (Å²) in [5, 5.41) is 1.45. The van der Waals surface area contributed by atoms with Crippen LogP contribution < -0.4 is 0 Å². The van der Waals surface area contributed by atoms with E-state index in [0.29, 0.717) is 9.40 Å². The molecule has 0 aliphatic rings. The minimum Gasteiger partial charge on any atom is -0.741 e. The van der Waals surface area contributed by atoms with Crippen molar-refractivity contribution >= 4 is 40.8 Å². The van der Waals surface area contributed by atoms with Crippen LogP contribution in [0.4, 0.5) is 26.3 Å². The molecule has 0 spiro atoms. The first-order valence-corrected chi connectivity index (χ1v) is 12.3. The molecule has 3 aromatic rings. The van der Waals surface area contributed by atoms with Crippen molar-refractivity contribution in [3.63, 3.8) is 0 Å².